The molecule has 0 saturated carbocycles. The van der Waals surface area contributed by atoms with E-state index >= 15 is 0 Å². The van der Waals surface area contributed by atoms with Gasteiger partial charge >= 0.3 is 0 Å². The number of aromatic nitrogens is 2. The molecule has 0 spiro atoms. The number of para-hydroxylation sites is 1. The third-order valence-electron chi connectivity index (χ3n) is 6.65. The van der Waals surface area contributed by atoms with Crippen LogP contribution in [0.4, 0.5) is 0 Å². The highest BCUT2D eigenvalue weighted by molar-refractivity contribution is 5.90. The van der Waals surface area contributed by atoms with Gasteiger partial charge in [0.2, 0.25) is 0 Å². The number of aromatic amines is 1. The van der Waals surface area contributed by atoms with E-state index in [9.17, 15) is 0 Å². The van der Waals surface area contributed by atoms with Gasteiger partial charge in [-0.25, -0.2) is 0 Å². The molecule has 2 aromatic carbocycles. The third kappa shape index (κ3) is 3.54. The topological polar surface area (TPSA) is 31.9 Å². The number of H-pyrrole nitrogens is 1. The second-order valence-electron chi connectivity index (χ2n) is 8.60. The molecule has 1 aliphatic heterocycles. The van der Waals surface area contributed by atoms with Crippen molar-refractivity contribution in [3.05, 3.63) is 89.1 Å². The fourth-order valence-corrected chi connectivity index (χ4v) is 5.17. The van der Waals surface area contributed by atoms with Gasteiger partial charge in [0.05, 0.1) is 11.4 Å². The summed E-state index contributed by atoms with van der Waals surface area (Å²) < 4.78 is 0. The van der Waals surface area contributed by atoms with E-state index in [0.29, 0.717) is 5.92 Å². The molecule has 0 unspecified atom stereocenters. The van der Waals surface area contributed by atoms with E-state index in [-0.39, 0.29) is 0 Å². The number of fused-ring (bicyclic) bond motifs is 1. The summed E-state index contributed by atoms with van der Waals surface area (Å²) >= 11 is 0. The first-order valence-electron chi connectivity index (χ1n) is 11.0. The molecule has 0 amide bonds. The molecule has 5 rings (SSSR count). The van der Waals surface area contributed by atoms with Crippen LogP contribution >= 0.6 is 0 Å². The molecule has 1 aliphatic rings. The second-order valence-corrected chi connectivity index (χ2v) is 8.60. The number of nitrogens with one attached hydrogen (secondary N) is 1. The fourth-order valence-electron chi connectivity index (χ4n) is 5.17. The van der Waals surface area contributed by atoms with Crippen molar-refractivity contribution in [1.82, 2.24) is 14.9 Å². The molecule has 3 heteroatoms. The summed E-state index contributed by atoms with van der Waals surface area (Å²) in [6.07, 6.45) is 4.33. The van der Waals surface area contributed by atoms with E-state index in [4.69, 9.17) is 0 Å². The van der Waals surface area contributed by atoms with Crippen molar-refractivity contribution in [3.8, 4) is 11.4 Å². The van der Waals surface area contributed by atoms with Gasteiger partial charge in [-0.05, 0) is 80.6 Å². The van der Waals surface area contributed by atoms with Crippen LogP contribution in [0.3, 0.4) is 0 Å². The zero-order valence-corrected chi connectivity index (χ0v) is 17.9. The first kappa shape index (κ1) is 19.1. The monoisotopic (exact) mass is 395 g/mol. The summed E-state index contributed by atoms with van der Waals surface area (Å²) in [5.41, 5.74) is 9.22. The lowest BCUT2D eigenvalue weighted by atomic mass is 9.84. The van der Waals surface area contributed by atoms with Gasteiger partial charge in [0.15, 0.2) is 0 Å². The predicted molar refractivity (Wildman–Crippen MR) is 125 cm³/mol. The number of benzene rings is 2. The van der Waals surface area contributed by atoms with Gasteiger partial charge in [-0.15, -0.1) is 0 Å². The van der Waals surface area contributed by atoms with Gasteiger partial charge in [0, 0.05) is 29.2 Å². The van der Waals surface area contributed by atoms with Crippen LogP contribution in [0.15, 0.2) is 66.9 Å². The van der Waals surface area contributed by atoms with Crippen LogP contribution in [-0.4, -0.2) is 28.0 Å². The number of hydrogen-bond acceptors (Lipinski definition) is 2. The quantitative estimate of drug-likeness (QED) is 0.444. The molecule has 0 radical (unpaired) electrons. The molecular formula is C27H29N3. The Morgan fingerprint density at radius 1 is 0.900 bits per heavy atom. The summed E-state index contributed by atoms with van der Waals surface area (Å²) in [7, 11) is 0. The highest BCUT2D eigenvalue weighted by atomic mass is 15.1. The third-order valence-corrected chi connectivity index (χ3v) is 6.65. The highest BCUT2D eigenvalue weighted by Crippen LogP contribution is 2.35. The Bertz CT molecular complexity index is 1130. The lowest BCUT2D eigenvalue weighted by Crippen LogP contribution is -2.33. The minimum Gasteiger partial charge on any atom is -0.353 e. The second kappa shape index (κ2) is 8.08. The molecule has 1 N–H and O–H groups in total. The minimum atomic E-state index is 0.681. The number of piperidine rings is 1. The van der Waals surface area contributed by atoms with Crippen LogP contribution in [0, 0.1) is 13.8 Å². The summed E-state index contributed by atoms with van der Waals surface area (Å²) in [5.74, 6) is 0.681. The molecule has 2 aromatic heterocycles. The van der Waals surface area contributed by atoms with Gasteiger partial charge in [0.25, 0.3) is 0 Å². The molecule has 0 bridgehead atoms. The van der Waals surface area contributed by atoms with E-state index in [1.54, 1.807) is 5.56 Å². The average Bonchev–Trinajstić information content (AvgIpc) is 3.14. The Balaban J connectivity index is 1.40. The number of aryl methyl sites for hydroxylation is 2. The van der Waals surface area contributed by atoms with Crippen molar-refractivity contribution >= 4 is 10.9 Å². The van der Waals surface area contributed by atoms with E-state index in [1.807, 2.05) is 12.3 Å². The largest absolute Gasteiger partial charge is 0.353 e. The molecule has 152 valence electrons. The standard InChI is InChI=1S/C27H29N3/c1-19-8-7-9-20(2)26(19)21-13-16-30(17-14-21)18-23-22-10-3-4-11-24(22)29-27(23)25-12-5-6-15-28-25/h3-12,15,21,29H,13-14,16-18H2,1-2H3. The van der Waals surface area contributed by atoms with Crippen LogP contribution in [-0.2, 0) is 6.54 Å². The summed E-state index contributed by atoms with van der Waals surface area (Å²) in [4.78, 5) is 10.9. The van der Waals surface area contributed by atoms with Gasteiger partial charge < -0.3 is 4.98 Å². The Kier molecular flexibility index (Phi) is 5.14. The maximum atomic E-state index is 4.62. The van der Waals surface area contributed by atoms with Crippen molar-refractivity contribution in [1.29, 1.82) is 0 Å². The van der Waals surface area contributed by atoms with E-state index < -0.39 is 0 Å². The lowest BCUT2D eigenvalue weighted by Gasteiger charge is -2.33. The maximum absolute atomic E-state index is 4.62. The summed E-state index contributed by atoms with van der Waals surface area (Å²) in [5, 5.41) is 1.31. The molecule has 3 nitrogen and oxygen atoms in total. The average molecular weight is 396 g/mol. The summed E-state index contributed by atoms with van der Waals surface area (Å²) in [6.45, 7) is 7.77. The fraction of sp³-hybridized carbons (Fsp3) is 0.296. The van der Waals surface area contributed by atoms with Gasteiger partial charge in [-0.3, -0.25) is 9.88 Å². The number of pyridine rings is 1. The smallest absolute Gasteiger partial charge is 0.0868 e. The number of nitrogens with zero attached hydrogens (tertiary/aromatic N) is 2. The van der Waals surface area contributed by atoms with Crippen molar-refractivity contribution in [2.75, 3.05) is 13.1 Å². The molecule has 0 aliphatic carbocycles. The summed E-state index contributed by atoms with van der Waals surface area (Å²) in [6, 6.07) is 21.5. The molecule has 1 saturated heterocycles. The normalized spacial score (nSPS) is 15.7. The zero-order valence-electron chi connectivity index (χ0n) is 17.9. The van der Waals surface area contributed by atoms with Crippen molar-refractivity contribution in [3.63, 3.8) is 0 Å². The van der Waals surface area contributed by atoms with Gasteiger partial charge in [-0.1, -0.05) is 42.5 Å². The lowest BCUT2D eigenvalue weighted by molar-refractivity contribution is 0.205. The van der Waals surface area contributed by atoms with E-state index in [0.717, 1.165) is 31.0 Å². The molecule has 30 heavy (non-hydrogen) atoms. The number of rotatable bonds is 4. The highest BCUT2D eigenvalue weighted by Gasteiger charge is 2.24. The molecule has 0 atom stereocenters. The van der Waals surface area contributed by atoms with Crippen LogP contribution in [0.2, 0.25) is 0 Å². The Labute approximate surface area is 178 Å². The van der Waals surface area contributed by atoms with Crippen LogP contribution in [0.25, 0.3) is 22.3 Å². The zero-order chi connectivity index (χ0) is 20.5. The maximum Gasteiger partial charge on any atom is 0.0868 e. The van der Waals surface area contributed by atoms with Crippen molar-refractivity contribution in [2.45, 2.75) is 39.2 Å². The Morgan fingerprint density at radius 3 is 2.37 bits per heavy atom. The number of likely N-dealkylation sites (tertiary alicyclic amines) is 1. The Morgan fingerprint density at radius 2 is 1.63 bits per heavy atom. The van der Waals surface area contributed by atoms with Crippen LogP contribution in [0.1, 0.15) is 41.0 Å². The molecule has 4 aromatic rings. The van der Waals surface area contributed by atoms with E-state index in [2.05, 4.69) is 83.3 Å². The molecule has 1 fully saturated rings. The molecule has 3 heterocycles. The minimum absolute atomic E-state index is 0.681. The van der Waals surface area contributed by atoms with Crippen LogP contribution in [0.5, 0.6) is 0 Å². The van der Waals surface area contributed by atoms with Gasteiger partial charge in [-0.2, -0.15) is 0 Å². The van der Waals surface area contributed by atoms with Crippen molar-refractivity contribution in [2.24, 2.45) is 0 Å². The van der Waals surface area contributed by atoms with Crippen LogP contribution < -0.4 is 0 Å². The first-order valence-corrected chi connectivity index (χ1v) is 11.0. The Hall–Kier alpha value is -2.91. The predicted octanol–water partition coefficient (Wildman–Crippen LogP) is 6.23. The molecular weight excluding hydrogens is 366 g/mol. The SMILES string of the molecule is Cc1cccc(C)c1C1CCN(Cc2c(-c3ccccn3)[nH]c3ccccc23)CC1. The van der Waals surface area contributed by atoms with Gasteiger partial charge in [0.1, 0.15) is 0 Å². The first-order chi connectivity index (χ1) is 14.7. The number of hydrogen-bond donors (Lipinski definition) is 1. The van der Waals surface area contributed by atoms with Crippen molar-refractivity contribution < 1.29 is 0 Å². The van der Waals surface area contributed by atoms with E-state index in [1.165, 1.54) is 40.4 Å².